The second kappa shape index (κ2) is 9.18. The molecule has 160 valence electrons. The minimum Gasteiger partial charge on any atom is -0.364 e. The smallest absolute Gasteiger partial charge is 0.251 e. The molecular formula is C22H24ClFN2O3S. The molecule has 30 heavy (non-hydrogen) atoms. The van der Waals surface area contributed by atoms with Gasteiger partial charge in [-0.15, -0.1) is 0 Å². The Bertz CT molecular complexity index is 1050. The summed E-state index contributed by atoms with van der Waals surface area (Å²) in [5, 5.41) is 4.36. The molecule has 2 aromatic carbocycles. The zero-order valence-corrected chi connectivity index (χ0v) is 18.4. The molecule has 8 heteroatoms. The van der Waals surface area contributed by atoms with Gasteiger partial charge in [-0.1, -0.05) is 17.7 Å². The van der Waals surface area contributed by atoms with E-state index in [1.54, 1.807) is 25.1 Å². The Morgan fingerprint density at radius 2 is 1.97 bits per heavy atom. The van der Waals surface area contributed by atoms with E-state index in [0.717, 1.165) is 42.3 Å². The van der Waals surface area contributed by atoms with Crippen molar-refractivity contribution in [1.82, 2.24) is 5.32 Å². The first kappa shape index (κ1) is 22.3. The Balaban J connectivity index is 1.72. The molecule has 0 saturated carbocycles. The highest BCUT2D eigenvalue weighted by atomic mass is 35.5. The minimum atomic E-state index is -3.24. The summed E-state index contributed by atoms with van der Waals surface area (Å²) in [6, 6.07) is 11.1. The van der Waals surface area contributed by atoms with Gasteiger partial charge in [0.2, 0.25) is 0 Å². The number of sulfone groups is 1. The van der Waals surface area contributed by atoms with E-state index in [1.165, 1.54) is 18.2 Å². The standard InChI is InChI=1S/C22H24ClFN2O3S/c1-15(11-13-30(2,28)29)25-22(27)16-5-8-18(9-6-16)26-12-3-4-21(26)19-14-17(24)7-10-20(19)23/h5-11,13-15,21H,3-4,12H2,1-2H3,(H,25,27)/b13-11+/t15-,21-/m1/s1. The maximum Gasteiger partial charge on any atom is 0.251 e. The van der Waals surface area contributed by atoms with Gasteiger partial charge in [0.15, 0.2) is 9.84 Å². The van der Waals surface area contributed by atoms with Crippen LogP contribution in [0.4, 0.5) is 10.1 Å². The monoisotopic (exact) mass is 450 g/mol. The molecule has 0 aliphatic carbocycles. The van der Waals surface area contributed by atoms with Crippen molar-refractivity contribution < 1.29 is 17.6 Å². The highest BCUT2D eigenvalue weighted by Gasteiger charge is 2.28. The molecule has 1 amide bonds. The van der Waals surface area contributed by atoms with Crippen LogP contribution >= 0.6 is 11.6 Å². The number of halogens is 2. The average Bonchev–Trinajstić information content (AvgIpc) is 3.17. The molecule has 1 N–H and O–H groups in total. The normalized spacial score (nSPS) is 18.0. The van der Waals surface area contributed by atoms with Gasteiger partial charge >= 0.3 is 0 Å². The highest BCUT2D eigenvalue weighted by molar-refractivity contribution is 7.93. The van der Waals surface area contributed by atoms with Crippen LogP contribution < -0.4 is 10.2 Å². The van der Waals surface area contributed by atoms with Crippen LogP contribution in [0, 0.1) is 5.82 Å². The molecule has 1 aliphatic rings. The van der Waals surface area contributed by atoms with E-state index in [1.807, 2.05) is 12.1 Å². The lowest BCUT2D eigenvalue weighted by Crippen LogP contribution is -2.31. The predicted octanol–water partition coefficient (Wildman–Crippen LogP) is 4.50. The van der Waals surface area contributed by atoms with E-state index in [4.69, 9.17) is 11.6 Å². The van der Waals surface area contributed by atoms with Gasteiger partial charge in [-0.05, 0) is 67.8 Å². The summed E-state index contributed by atoms with van der Waals surface area (Å²) < 4.78 is 36.1. The number of benzene rings is 2. The molecule has 0 bridgehead atoms. The Kier molecular flexibility index (Phi) is 6.83. The summed E-state index contributed by atoms with van der Waals surface area (Å²) in [4.78, 5) is 14.6. The number of amides is 1. The summed E-state index contributed by atoms with van der Waals surface area (Å²) in [5.41, 5.74) is 2.17. The van der Waals surface area contributed by atoms with Crippen molar-refractivity contribution in [1.29, 1.82) is 0 Å². The van der Waals surface area contributed by atoms with Gasteiger partial charge in [-0.3, -0.25) is 4.79 Å². The van der Waals surface area contributed by atoms with Gasteiger partial charge < -0.3 is 10.2 Å². The Labute approximate surface area is 181 Å². The largest absolute Gasteiger partial charge is 0.364 e. The molecule has 0 radical (unpaired) electrons. The molecule has 2 aromatic rings. The number of hydrogen-bond donors (Lipinski definition) is 1. The minimum absolute atomic E-state index is 0.0194. The lowest BCUT2D eigenvalue weighted by Gasteiger charge is -2.28. The van der Waals surface area contributed by atoms with Crippen molar-refractivity contribution in [2.75, 3.05) is 17.7 Å². The quantitative estimate of drug-likeness (QED) is 0.703. The number of anilines is 1. The van der Waals surface area contributed by atoms with Crippen molar-refractivity contribution in [2.24, 2.45) is 0 Å². The second-order valence-corrected chi connectivity index (χ2v) is 9.82. The molecule has 0 unspecified atom stereocenters. The highest BCUT2D eigenvalue weighted by Crippen LogP contribution is 2.39. The Hall–Kier alpha value is -2.38. The van der Waals surface area contributed by atoms with Crippen LogP contribution in [-0.2, 0) is 9.84 Å². The van der Waals surface area contributed by atoms with Crippen LogP contribution in [0.2, 0.25) is 5.02 Å². The Morgan fingerprint density at radius 1 is 1.27 bits per heavy atom. The van der Waals surface area contributed by atoms with E-state index in [9.17, 15) is 17.6 Å². The van der Waals surface area contributed by atoms with Crippen molar-refractivity contribution in [3.63, 3.8) is 0 Å². The SMILES string of the molecule is C[C@H](/C=C/S(C)(=O)=O)NC(=O)c1ccc(N2CCC[C@@H]2c2cc(F)ccc2Cl)cc1. The third-order valence-corrected chi connectivity index (χ3v) is 6.00. The summed E-state index contributed by atoms with van der Waals surface area (Å²) in [6.07, 6.45) is 4.36. The summed E-state index contributed by atoms with van der Waals surface area (Å²) >= 11 is 6.31. The number of nitrogens with one attached hydrogen (secondary N) is 1. The first-order valence-electron chi connectivity index (χ1n) is 9.65. The van der Waals surface area contributed by atoms with Gasteiger partial charge in [0, 0.05) is 40.5 Å². The number of carbonyl (C=O) groups is 1. The maximum absolute atomic E-state index is 13.7. The van der Waals surface area contributed by atoms with E-state index >= 15 is 0 Å². The number of carbonyl (C=O) groups excluding carboxylic acids is 1. The van der Waals surface area contributed by atoms with Crippen LogP contribution in [-0.4, -0.2) is 33.2 Å². The molecule has 1 heterocycles. The topological polar surface area (TPSA) is 66.5 Å². The third kappa shape index (κ3) is 5.61. The van der Waals surface area contributed by atoms with Gasteiger partial charge in [0.25, 0.3) is 5.91 Å². The average molecular weight is 451 g/mol. The van der Waals surface area contributed by atoms with Crippen molar-refractivity contribution >= 4 is 33.0 Å². The van der Waals surface area contributed by atoms with Gasteiger partial charge in [0.1, 0.15) is 5.82 Å². The second-order valence-electron chi connectivity index (χ2n) is 7.48. The summed E-state index contributed by atoms with van der Waals surface area (Å²) in [5.74, 6) is -0.606. The summed E-state index contributed by atoms with van der Waals surface area (Å²) in [7, 11) is -3.24. The molecule has 5 nitrogen and oxygen atoms in total. The van der Waals surface area contributed by atoms with Crippen molar-refractivity contribution in [3.05, 3.63) is 75.9 Å². The van der Waals surface area contributed by atoms with Crippen molar-refractivity contribution in [3.8, 4) is 0 Å². The van der Waals surface area contributed by atoms with Crippen LogP contribution in [0.1, 0.15) is 41.7 Å². The van der Waals surface area contributed by atoms with Crippen LogP contribution in [0.15, 0.2) is 53.9 Å². The molecule has 3 rings (SSSR count). The molecule has 1 fully saturated rings. The Morgan fingerprint density at radius 3 is 2.63 bits per heavy atom. The molecule has 0 aromatic heterocycles. The maximum atomic E-state index is 13.7. The summed E-state index contributed by atoms with van der Waals surface area (Å²) in [6.45, 7) is 2.52. The van der Waals surface area contributed by atoms with Crippen molar-refractivity contribution in [2.45, 2.75) is 31.8 Å². The molecule has 1 saturated heterocycles. The third-order valence-electron chi connectivity index (χ3n) is 5.00. The fraction of sp³-hybridized carbons (Fsp3) is 0.318. The first-order valence-corrected chi connectivity index (χ1v) is 12.0. The van der Waals surface area contributed by atoms with Crippen LogP contribution in [0.25, 0.3) is 0 Å². The first-order chi connectivity index (χ1) is 14.1. The van der Waals surface area contributed by atoms with Gasteiger partial charge in [0.05, 0.1) is 6.04 Å². The van der Waals surface area contributed by atoms with E-state index in [2.05, 4.69) is 10.2 Å². The van der Waals surface area contributed by atoms with Crippen LogP contribution in [0.3, 0.4) is 0 Å². The number of nitrogens with zero attached hydrogens (tertiary/aromatic N) is 1. The zero-order valence-electron chi connectivity index (χ0n) is 16.8. The van der Waals surface area contributed by atoms with E-state index in [0.29, 0.717) is 10.6 Å². The van der Waals surface area contributed by atoms with E-state index in [-0.39, 0.29) is 17.8 Å². The molecule has 1 aliphatic heterocycles. The lowest BCUT2D eigenvalue weighted by atomic mass is 10.0. The fourth-order valence-corrected chi connectivity index (χ4v) is 4.34. The van der Waals surface area contributed by atoms with Gasteiger partial charge in [-0.25, -0.2) is 12.8 Å². The van der Waals surface area contributed by atoms with Gasteiger partial charge in [-0.2, -0.15) is 0 Å². The number of hydrogen-bond acceptors (Lipinski definition) is 4. The lowest BCUT2D eigenvalue weighted by molar-refractivity contribution is 0.0947. The molecule has 2 atom stereocenters. The number of rotatable bonds is 6. The molecular weight excluding hydrogens is 427 g/mol. The van der Waals surface area contributed by atoms with Crippen LogP contribution in [0.5, 0.6) is 0 Å². The predicted molar refractivity (Wildman–Crippen MR) is 118 cm³/mol. The molecule has 0 spiro atoms. The fourth-order valence-electron chi connectivity index (χ4n) is 3.57. The zero-order chi connectivity index (χ0) is 21.9. The van der Waals surface area contributed by atoms with E-state index < -0.39 is 15.9 Å².